The van der Waals surface area contributed by atoms with Crippen LogP contribution in [0.4, 0.5) is 0 Å². The van der Waals surface area contributed by atoms with Crippen LogP contribution in [0.25, 0.3) is 0 Å². The topological polar surface area (TPSA) is 68.9 Å². The van der Waals surface area contributed by atoms with Gasteiger partial charge in [0.25, 0.3) is 0 Å². The Morgan fingerprint density at radius 2 is 2.00 bits per heavy atom. The highest BCUT2D eigenvalue weighted by Crippen LogP contribution is 2.11. The van der Waals surface area contributed by atoms with Gasteiger partial charge in [0.2, 0.25) is 0 Å². The van der Waals surface area contributed by atoms with Gasteiger partial charge in [-0.2, -0.15) is 0 Å². The molecule has 0 saturated heterocycles. The molecule has 1 aromatic carbocycles. The lowest BCUT2D eigenvalue weighted by Gasteiger charge is -2.06. The van der Waals surface area contributed by atoms with Gasteiger partial charge in [-0.1, -0.05) is 12.1 Å². The fraction of sp³-hybridized carbons (Fsp3) is 0.533. The van der Waals surface area contributed by atoms with E-state index in [0.717, 1.165) is 38.3 Å². The molecule has 0 spiro atoms. The smallest absolute Gasteiger partial charge is 0.188 e. The Morgan fingerprint density at radius 1 is 1.29 bits per heavy atom. The predicted octanol–water partition coefficient (Wildman–Crippen LogP) is 2.19. The van der Waals surface area contributed by atoms with E-state index in [1.54, 1.807) is 7.11 Å². The number of benzene rings is 1. The Labute approximate surface area is 144 Å². The number of hydrogen-bond acceptors (Lipinski definition) is 3. The van der Waals surface area contributed by atoms with Crippen molar-refractivity contribution in [1.29, 1.82) is 0 Å². The number of nitrogens with zero attached hydrogens (tertiary/aromatic N) is 1. The van der Waals surface area contributed by atoms with Gasteiger partial charge in [0, 0.05) is 26.3 Å². The molecule has 0 heterocycles. The second kappa shape index (κ2) is 12.7. The van der Waals surface area contributed by atoms with Gasteiger partial charge >= 0.3 is 0 Å². The summed E-state index contributed by atoms with van der Waals surface area (Å²) >= 11 is 0. The molecule has 0 amide bonds. The van der Waals surface area contributed by atoms with Crippen LogP contribution in [0.2, 0.25) is 0 Å². The van der Waals surface area contributed by atoms with Crippen molar-refractivity contribution in [3.63, 3.8) is 0 Å². The van der Waals surface area contributed by atoms with E-state index in [4.69, 9.17) is 15.2 Å². The molecule has 0 bridgehead atoms. The zero-order valence-corrected chi connectivity index (χ0v) is 15.1. The Balaban J connectivity index is 0.00000400. The third-order valence-corrected chi connectivity index (χ3v) is 2.81. The molecule has 5 nitrogen and oxygen atoms in total. The SMILES string of the molecule is CCOCCCN=C(N)NCCc1ccc(OC)cc1.I. The van der Waals surface area contributed by atoms with E-state index in [2.05, 4.69) is 22.4 Å². The van der Waals surface area contributed by atoms with Crippen molar-refractivity contribution in [1.82, 2.24) is 5.32 Å². The molecular weight excluding hydrogens is 381 g/mol. The third kappa shape index (κ3) is 9.52. The number of hydrogen-bond donors (Lipinski definition) is 2. The highest BCUT2D eigenvalue weighted by molar-refractivity contribution is 14.0. The third-order valence-electron chi connectivity index (χ3n) is 2.81. The van der Waals surface area contributed by atoms with Crippen LogP contribution in [-0.4, -0.2) is 39.4 Å². The summed E-state index contributed by atoms with van der Waals surface area (Å²) in [7, 11) is 1.67. The van der Waals surface area contributed by atoms with Gasteiger partial charge in [-0.25, -0.2) is 0 Å². The maximum absolute atomic E-state index is 5.78. The summed E-state index contributed by atoms with van der Waals surface area (Å²) in [5.74, 6) is 1.37. The van der Waals surface area contributed by atoms with Crippen LogP contribution in [0.1, 0.15) is 18.9 Å². The monoisotopic (exact) mass is 407 g/mol. The summed E-state index contributed by atoms with van der Waals surface area (Å²) in [5, 5.41) is 3.11. The van der Waals surface area contributed by atoms with Crippen LogP contribution >= 0.6 is 24.0 Å². The molecule has 0 unspecified atom stereocenters. The molecule has 120 valence electrons. The van der Waals surface area contributed by atoms with Crippen molar-refractivity contribution in [3.8, 4) is 5.75 Å². The van der Waals surface area contributed by atoms with Crippen molar-refractivity contribution in [2.45, 2.75) is 19.8 Å². The second-order valence-electron chi connectivity index (χ2n) is 4.34. The molecular formula is C15H26IN3O2. The zero-order chi connectivity index (χ0) is 14.6. The molecule has 6 heteroatoms. The number of methoxy groups -OCH3 is 1. The molecule has 0 fully saturated rings. The lowest BCUT2D eigenvalue weighted by Crippen LogP contribution is -2.33. The van der Waals surface area contributed by atoms with Crippen LogP contribution < -0.4 is 15.8 Å². The van der Waals surface area contributed by atoms with Crippen molar-refractivity contribution in [2.24, 2.45) is 10.7 Å². The summed E-state index contributed by atoms with van der Waals surface area (Å²) in [6, 6.07) is 8.02. The maximum Gasteiger partial charge on any atom is 0.188 e. The van der Waals surface area contributed by atoms with E-state index < -0.39 is 0 Å². The number of nitrogens with one attached hydrogen (secondary N) is 1. The Hall–Kier alpha value is -1.02. The summed E-state index contributed by atoms with van der Waals surface area (Å²) in [6.07, 6.45) is 1.80. The molecule has 0 aliphatic heterocycles. The average molecular weight is 407 g/mol. The molecule has 0 radical (unpaired) electrons. The summed E-state index contributed by atoms with van der Waals surface area (Å²) in [6.45, 7) is 4.94. The average Bonchev–Trinajstić information content (AvgIpc) is 2.48. The van der Waals surface area contributed by atoms with Gasteiger partial charge in [-0.15, -0.1) is 24.0 Å². The second-order valence-corrected chi connectivity index (χ2v) is 4.34. The molecule has 21 heavy (non-hydrogen) atoms. The van der Waals surface area contributed by atoms with Crippen LogP contribution in [0, 0.1) is 0 Å². The molecule has 0 aromatic heterocycles. The molecule has 0 aliphatic carbocycles. The minimum atomic E-state index is 0. The number of halogens is 1. The first-order valence-corrected chi connectivity index (χ1v) is 7.00. The predicted molar refractivity (Wildman–Crippen MR) is 97.7 cm³/mol. The van der Waals surface area contributed by atoms with Crippen molar-refractivity contribution >= 4 is 29.9 Å². The number of aliphatic imine (C=N–C) groups is 1. The van der Waals surface area contributed by atoms with Crippen LogP contribution in [0.15, 0.2) is 29.3 Å². The quantitative estimate of drug-likeness (QED) is 0.285. The number of nitrogens with two attached hydrogens (primary N) is 1. The maximum atomic E-state index is 5.78. The van der Waals surface area contributed by atoms with Gasteiger partial charge in [0.15, 0.2) is 5.96 Å². The molecule has 1 rings (SSSR count). The van der Waals surface area contributed by atoms with Gasteiger partial charge in [-0.3, -0.25) is 4.99 Å². The zero-order valence-electron chi connectivity index (χ0n) is 12.8. The first-order valence-electron chi connectivity index (χ1n) is 7.00. The largest absolute Gasteiger partial charge is 0.497 e. The fourth-order valence-corrected chi connectivity index (χ4v) is 1.69. The van der Waals surface area contributed by atoms with E-state index in [0.29, 0.717) is 12.5 Å². The Morgan fingerprint density at radius 3 is 2.62 bits per heavy atom. The standard InChI is InChI=1S/C15H25N3O2.HI/c1-3-20-12-4-10-17-15(16)18-11-9-13-5-7-14(19-2)8-6-13;/h5-8H,3-4,9-12H2,1-2H3,(H3,16,17,18);1H. The van der Waals surface area contributed by atoms with E-state index >= 15 is 0 Å². The van der Waals surface area contributed by atoms with Crippen molar-refractivity contribution < 1.29 is 9.47 Å². The normalized spacial score (nSPS) is 10.9. The van der Waals surface area contributed by atoms with E-state index in [-0.39, 0.29) is 24.0 Å². The van der Waals surface area contributed by atoms with Crippen LogP contribution in [-0.2, 0) is 11.2 Å². The summed E-state index contributed by atoms with van der Waals surface area (Å²) in [4.78, 5) is 4.24. The number of ether oxygens (including phenoxy) is 2. The van der Waals surface area contributed by atoms with Gasteiger partial charge in [0.05, 0.1) is 7.11 Å². The number of guanidine groups is 1. The van der Waals surface area contributed by atoms with Gasteiger partial charge in [0.1, 0.15) is 5.75 Å². The molecule has 0 saturated carbocycles. The van der Waals surface area contributed by atoms with Crippen LogP contribution in [0.5, 0.6) is 5.75 Å². The molecule has 1 aromatic rings. The Bertz CT molecular complexity index is 396. The highest BCUT2D eigenvalue weighted by Gasteiger charge is 1.96. The molecule has 0 aliphatic rings. The fourth-order valence-electron chi connectivity index (χ4n) is 1.69. The first kappa shape index (κ1) is 20.0. The Kier molecular flexibility index (Phi) is 12.1. The van der Waals surface area contributed by atoms with E-state index in [1.807, 2.05) is 19.1 Å². The summed E-state index contributed by atoms with van der Waals surface area (Å²) in [5.41, 5.74) is 7.01. The summed E-state index contributed by atoms with van der Waals surface area (Å²) < 4.78 is 10.4. The van der Waals surface area contributed by atoms with Crippen molar-refractivity contribution in [3.05, 3.63) is 29.8 Å². The first-order chi connectivity index (χ1) is 9.76. The minimum absolute atomic E-state index is 0. The minimum Gasteiger partial charge on any atom is -0.497 e. The van der Waals surface area contributed by atoms with E-state index in [1.165, 1.54) is 5.56 Å². The van der Waals surface area contributed by atoms with E-state index in [9.17, 15) is 0 Å². The van der Waals surface area contributed by atoms with Crippen molar-refractivity contribution in [2.75, 3.05) is 33.4 Å². The molecule has 0 atom stereocenters. The van der Waals surface area contributed by atoms with Gasteiger partial charge < -0.3 is 20.5 Å². The molecule has 3 N–H and O–H groups in total. The highest BCUT2D eigenvalue weighted by atomic mass is 127. The lowest BCUT2D eigenvalue weighted by atomic mass is 10.1. The lowest BCUT2D eigenvalue weighted by molar-refractivity contribution is 0.146. The number of rotatable bonds is 9. The van der Waals surface area contributed by atoms with Crippen LogP contribution in [0.3, 0.4) is 0 Å². The van der Waals surface area contributed by atoms with Gasteiger partial charge in [-0.05, 0) is 37.5 Å².